The molecule has 0 saturated carbocycles. The van der Waals surface area contributed by atoms with Crippen LogP contribution in [0.2, 0.25) is 0 Å². The predicted molar refractivity (Wildman–Crippen MR) is 69.7 cm³/mol. The predicted octanol–water partition coefficient (Wildman–Crippen LogP) is 1.62. The summed E-state index contributed by atoms with van der Waals surface area (Å²) in [5.41, 5.74) is 0. The summed E-state index contributed by atoms with van der Waals surface area (Å²) < 4.78 is 5.23. The van der Waals surface area contributed by atoms with E-state index in [1.165, 1.54) is 0 Å². The van der Waals surface area contributed by atoms with Crippen LogP contribution in [-0.2, 0) is 0 Å². The largest absolute Gasteiger partial charge is 0.497 e. The zero-order chi connectivity index (χ0) is 12.3. The van der Waals surface area contributed by atoms with Crippen molar-refractivity contribution in [3.8, 4) is 5.75 Å². The first-order valence-electron chi connectivity index (χ1n) is 6.19. The van der Waals surface area contributed by atoms with Crippen LogP contribution in [0.15, 0.2) is 18.3 Å². The number of methoxy groups -OCH3 is 1. The number of hydrogen-bond donors (Lipinski definition) is 0. The fraction of sp³-hybridized carbons (Fsp3) is 0.615. The third kappa shape index (κ3) is 2.88. The van der Waals surface area contributed by atoms with E-state index in [9.17, 15) is 0 Å². The first-order chi connectivity index (χ1) is 8.20. The first kappa shape index (κ1) is 12.2. The molecular formula is C13H21N3O. The van der Waals surface area contributed by atoms with Gasteiger partial charge in [0.1, 0.15) is 11.6 Å². The summed E-state index contributed by atoms with van der Waals surface area (Å²) in [5.74, 6) is 1.90. The topological polar surface area (TPSA) is 28.6 Å². The van der Waals surface area contributed by atoms with E-state index in [-0.39, 0.29) is 0 Å². The Balaban J connectivity index is 2.00. The SMILES string of the molecule is COc1ccnc(N2CCN(C(C)C)CC2)c1. The molecule has 0 unspecified atom stereocenters. The van der Waals surface area contributed by atoms with Gasteiger partial charge in [0.2, 0.25) is 0 Å². The summed E-state index contributed by atoms with van der Waals surface area (Å²) in [5, 5.41) is 0. The van der Waals surface area contributed by atoms with Crippen LogP contribution in [0.25, 0.3) is 0 Å². The van der Waals surface area contributed by atoms with Crippen LogP contribution in [0.1, 0.15) is 13.8 Å². The minimum atomic E-state index is 0.635. The van der Waals surface area contributed by atoms with E-state index >= 15 is 0 Å². The summed E-state index contributed by atoms with van der Waals surface area (Å²) in [6.45, 7) is 8.79. The van der Waals surface area contributed by atoms with Crippen LogP contribution in [-0.4, -0.2) is 49.2 Å². The Hall–Kier alpha value is -1.29. The Labute approximate surface area is 103 Å². The lowest BCUT2D eigenvalue weighted by molar-refractivity contribution is 0.209. The van der Waals surface area contributed by atoms with E-state index in [1.807, 2.05) is 18.3 Å². The van der Waals surface area contributed by atoms with E-state index in [2.05, 4.69) is 28.6 Å². The second kappa shape index (κ2) is 5.36. The fourth-order valence-electron chi connectivity index (χ4n) is 2.17. The molecule has 0 bridgehead atoms. The van der Waals surface area contributed by atoms with Crippen molar-refractivity contribution in [2.75, 3.05) is 38.2 Å². The lowest BCUT2D eigenvalue weighted by atomic mass is 10.2. The van der Waals surface area contributed by atoms with E-state index in [0.717, 1.165) is 37.7 Å². The smallest absolute Gasteiger partial charge is 0.132 e. The van der Waals surface area contributed by atoms with Crippen molar-refractivity contribution < 1.29 is 4.74 Å². The molecule has 0 atom stereocenters. The minimum absolute atomic E-state index is 0.635. The summed E-state index contributed by atoms with van der Waals surface area (Å²) in [4.78, 5) is 9.23. The van der Waals surface area contributed by atoms with Crippen LogP contribution >= 0.6 is 0 Å². The van der Waals surface area contributed by atoms with Gasteiger partial charge in [-0.05, 0) is 19.9 Å². The van der Waals surface area contributed by atoms with Gasteiger partial charge in [0, 0.05) is 44.5 Å². The van der Waals surface area contributed by atoms with Crippen LogP contribution in [0.3, 0.4) is 0 Å². The second-order valence-electron chi connectivity index (χ2n) is 4.67. The quantitative estimate of drug-likeness (QED) is 0.796. The molecule has 4 heteroatoms. The molecule has 1 aliphatic rings. The molecule has 1 aromatic rings. The average Bonchev–Trinajstić information content (AvgIpc) is 2.39. The number of nitrogens with zero attached hydrogens (tertiary/aromatic N) is 3. The summed E-state index contributed by atoms with van der Waals surface area (Å²) in [7, 11) is 1.69. The first-order valence-corrected chi connectivity index (χ1v) is 6.19. The number of ether oxygens (including phenoxy) is 1. The molecule has 94 valence electrons. The maximum Gasteiger partial charge on any atom is 0.132 e. The van der Waals surface area contributed by atoms with Gasteiger partial charge in [0.15, 0.2) is 0 Å². The van der Waals surface area contributed by atoms with Crippen molar-refractivity contribution in [2.24, 2.45) is 0 Å². The molecule has 2 rings (SSSR count). The highest BCUT2D eigenvalue weighted by Gasteiger charge is 2.19. The lowest BCUT2D eigenvalue weighted by Crippen LogP contribution is -2.49. The monoisotopic (exact) mass is 235 g/mol. The van der Waals surface area contributed by atoms with Gasteiger partial charge in [-0.2, -0.15) is 0 Å². The number of pyridine rings is 1. The molecule has 1 fully saturated rings. The fourth-order valence-corrected chi connectivity index (χ4v) is 2.17. The molecule has 0 N–H and O–H groups in total. The molecule has 1 aromatic heterocycles. The van der Waals surface area contributed by atoms with Gasteiger partial charge < -0.3 is 9.64 Å². The molecule has 17 heavy (non-hydrogen) atoms. The zero-order valence-electron chi connectivity index (χ0n) is 10.9. The van der Waals surface area contributed by atoms with Gasteiger partial charge >= 0.3 is 0 Å². The highest BCUT2D eigenvalue weighted by atomic mass is 16.5. The van der Waals surface area contributed by atoms with Gasteiger partial charge in [-0.25, -0.2) is 4.98 Å². The Morgan fingerprint density at radius 2 is 1.94 bits per heavy atom. The summed E-state index contributed by atoms with van der Waals surface area (Å²) in [6, 6.07) is 4.52. The molecular weight excluding hydrogens is 214 g/mol. The number of hydrogen-bond acceptors (Lipinski definition) is 4. The lowest BCUT2D eigenvalue weighted by Gasteiger charge is -2.37. The summed E-state index contributed by atoms with van der Waals surface area (Å²) in [6.07, 6.45) is 1.81. The maximum atomic E-state index is 5.23. The van der Waals surface area contributed by atoms with Crippen LogP contribution in [0.4, 0.5) is 5.82 Å². The standard InChI is InChI=1S/C13H21N3O/c1-11(2)15-6-8-16(9-7-15)13-10-12(17-3)4-5-14-13/h4-5,10-11H,6-9H2,1-3H3. The normalized spacial score (nSPS) is 17.5. The van der Waals surface area contributed by atoms with Crippen molar-refractivity contribution in [2.45, 2.75) is 19.9 Å². The van der Waals surface area contributed by atoms with Gasteiger partial charge in [-0.15, -0.1) is 0 Å². The van der Waals surface area contributed by atoms with E-state index in [0.29, 0.717) is 6.04 Å². The molecule has 1 saturated heterocycles. The molecule has 0 amide bonds. The van der Waals surface area contributed by atoms with Crippen LogP contribution in [0, 0.1) is 0 Å². The average molecular weight is 235 g/mol. The van der Waals surface area contributed by atoms with Crippen molar-refractivity contribution >= 4 is 5.82 Å². The van der Waals surface area contributed by atoms with Gasteiger partial charge in [-0.1, -0.05) is 0 Å². The number of anilines is 1. The second-order valence-corrected chi connectivity index (χ2v) is 4.67. The molecule has 0 radical (unpaired) electrons. The number of aromatic nitrogens is 1. The third-order valence-electron chi connectivity index (χ3n) is 3.32. The van der Waals surface area contributed by atoms with Crippen molar-refractivity contribution in [3.05, 3.63) is 18.3 Å². The highest BCUT2D eigenvalue weighted by Crippen LogP contribution is 2.19. The molecule has 0 aliphatic carbocycles. The Morgan fingerprint density at radius 1 is 1.24 bits per heavy atom. The van der Waals surface area contributed by atoms with Crippen molar-refractivity contribution in [1.82, 2.24) is 9.88 Å². The Morgan fingerprint density at radius 3 is 2.53 bits per heavy atom. The highest BCUT2D eigenvalue weighted by molar-refractivity contribution is 5.43. The molecule has 1 aliphatic heterocycles. The van der Waals surface area contributed by atoms with Crippen LogP contribution < -0.4 is 9.64 Å². The number of piperazine rings is 1. The van der Waals surface area contributed by atoms with Crippen molar-refractivity contribution in [3.63, 3.8) is 0 Å². The van der Waals surface area contributed by atoms with E-state index in [4.69, 9.17) is 4.74 Å². The van der Waals surface area contributed by atoms with Crippen LogP contribution in [0.5, 0.6) is 5.75 Å². The van der Waals surface area contributed by atoms with Crippen molar-refractivity contribution in [1.29, 1.82) is 0 Å². The number of rotatable bonds is 3. The van der Waals surface area contributed by atoms with E-state index < -0.39 is 0 Å². The molecule has 0 spiro atoms. The Bertz CT molecular complexity index is 359. The zero-order valence-corrected chi connectivity index (χ0v) is 10.9. The molecule has 2 heterocycles. The maximum absolute atomic E-state index is 5.23. The summed E-state index contributed by atoms with van der Waals surface area (Å²) >= 11 is 0. The van der Waals surface area contributed by atoms with E-state index in [1.54, 1.807) is 7.11 Å². The van der Waals surface area contributed by atoms with Gasteiger partial charge in [0.25, 0.3) is 0 Å². The third-order valence-corrected chi connectivity index (χ3v) is 3.32. The molecule has 4 nitrogen and oxygen atoms in total. The molecule has 0 aromatic carbocycles. The minimum Gasteiger partial charge on any atom is -0.497 e. The van der Waals surface area contributed by atoms with Gasteiger partial charge in [0.05, 0.1) is 7.11 Å². The van der Waals surface area contributed by atoms with Gasteiger partial charge in [-0.3, -0.25) is 4.90 Å². The Kier molecular flexibility index (Phi) is 3.84.